The maximum absolute atomic E-state index is 12.2. The largest absolute Gasteiger partial charge is 0.489 e. The lowest BCUT2D eigenvalue weighted by molar-refractivity contribution is -0.384. The van der Waals surface area contributed by atoms with Crippen LogP contribution in [0.4, 0.5) is 17.1 Å². The number of anilines is 2. The molecule has 0 atom stereocenters. The predicted molar refractivity (Wildman–Crippen MR) is 108 cm³/mol. The second-order valence-electron chi connectivity index (χ2n) is 6.69. The molecule has 2 aromatic carbocycles. The number of amides is 1. The second-order valence-corrected chi connectivity index (χ2v) is 6.69. The van der Waals surface area contributed by atoms with Gasteiger partial charge in [-0.1, -0.05) is 0 Å². The van der Waals surface area contributed by atoms with Crippen molar-refractivity contribution in [3.63, 3.8) is 0 Å². The molecule has 1 aliphatic rings. The summed E-state index contributed by atoms with van der Waals surface area (Å²) >= 11 is 0. The summed E-state index contributed by atoms with van der Waals surface area (Å²) in [7, 11) is 3.74. The first-order chi connectivity index (χ1) is 14.3. The molecular weight excluding hydrogens is 394 g/mol. The molecule has 0 fully saturated rings. The molecule has 10 heteroatoms. The van der Waals surface area contributed by atoms with Crippen molar-refractivity contribution in [1.82, 2.24) is 0 Å². The van der Waals surface area contributed by atoms with Crippen LogP contribution in [0.1, 0.15) is 16.8 Å². The van der Waals surface area contributed by atoms with Crippen LogP contribution in [0.25, 0.3) is 0 Å². The highest BCUT2D eigenvalue weighted by Crippen LogP contribution is 2.39. The molecule has 1 aliphatic heterocycles. The number of benzene rings is 2. The SMILES string of the molecule is CN(C)c1ccc(C(=O)OCC(=O)Nc2cc3c(cc2[N+](=O)[O-])OCCCO3)cc1. The monoisotopic (exact) mass is 415 g/mol. The van der Waals surface area contributed by atoms with Crippen LogP contribution in [0.2, 0.25) is 0 Å². The van der Waals surface area contributed by atoms with Crippen molar-refractivity contribution in [2.75, 3.05) is 44.1 Å². The Bertz CT molecular complexity index is 958. The number of nitrogens with zero attached hydrogens (tertiary/aromatic N) is 2. The van der Waals surface area contributed by atoms with Crippen LogP contribution in [0.15, 0.2) is 36.4 Å². The number of ether oxygens (including phenoxy) is 3. The predicted octanol–water partition coefficient (Wildman–Crippen LogP) is 2.62. The lowest BCUT2D eigenvalue weighted by atomic mass is 10.2. The van der Waals surface area contributed by atoms with Crippen molar-refractivity contribution in [2.24, 2.45) is 0 Å². The zero-order valence-electron chi connectivity index (χ0n) is 16.5. The Kier molecular flexibility index (Phi) is 6.35. The van der Waals surface area contributed by atoms with Crippen LogP contribution < -0.4 is 19.7 Å². The number of nitro benzene ring substituents is 1. The minimum atomic E-state index is -0.717. The van der Waals surface area contributed by atoms with Crippen molar-refractivity contribution in [3.05, 3.63) is 52.1 Å². The van der Waals surface area contributed by atoms with Gasteiger partial charge in [0.05, 0.1) is 29.8 Å². The lowest BCUT2D eigenvalue weighted by Gasteiger charge is -2.13. The van der Waals surface area contributed by atoms with Gasteiger partial charge in [-0.3, -0.25) is 14.9 Å². The van der Waals surface area contributed by atoms with Gasteiger partial charge in [0.25, 0.3) is 11.6 Å². The fourth-order valence-corrected chi connectivity index (χ4v) is 2.75. The molecular formula is C20H21N3O7. The zero-order valence-corrected chi connectivity index (χ0v) is 16.5. The standard InChI is InChI=1S/C20H21N3O7/c1-22(2)14-6-4-13(5-7-14)20(25)30-12-19(24)21-15-10-17-18(11-16(15)23(26)27)29-9-3-8-28-17/h4-7,10-11H,3,8-9,12H2,1-2H3,(H,21,24). The molecule has 0 spiro atoms. The topological polar surface area (TPSA) is 120 Å². The summed E-state index contributed by atoms with van der Waals surface area (Å²) in [6.45, 7) is 0.170. The van der Waals surface area contributed by atoms with E-state index in [4.69, 9.17) is 14.2 Å². The summed E-state index contributed by atoms with van der Waals surface area (Å²) in [4.78, 5) is 37.0. The average Bonchev–Trinajstić information content (AvgIpc) is 2.96. The van der Waals surface area contributed by atoms with Crippen molar-refractivity contribution >= 4 is 28.9 Å². The summed E-state index contributed by atoms with van der Waals surface area (Å²) in [5, 5.41) is 13.8. The van der Waals surface area contributed by atoms with E-state index in [0.29, 0.717) is 25.4 Å². The van der Waals surface area contributed by atoms with Gasteiger partial charge in [0, 0.05) is 32.3 Å². The molecule has 0 bridgehead atoms. The van der Waals surface area contributed by atoms with Crippen LogP contribution in [0.3, 0.4) is 0 Å². The number of esters is 1. The molecule has 0 aliphatic carbocycles. The third-order valence-corrected chi connectivity index (χ3v) is 4.29. The number of rotatable bonds is 6. The number of carbonyl (C=O) groups excluding carboxylic acids is 2. The van der Waals surface area contributed by atoms with Crippen LogP contribution in [-0.4, -0.2) is 50.7 Å². The number of hydrogen-bond acceptors (Lipinski definition) is 8. The van der Waals surface area contributed by atoms with Gasteiger partial charge in [0.15, 0.2) is 18.1 Å². The van der Waals surface area contributed by atoms with E-state index >= 15 is 0 Å². The molecule has 0 aromatic heterocycles. The van der Waals surface area contributed by atoms with Crippen molar-refractivity contribution in [2.45, 2.75) is 6.42 Å². The number of hydrogen-bond donors (Lipinski definition) is 1. The minimum absolute atomic E-state index is 0.0689. The molecule has 1 amide bonds. The van der Waals surface area contributed by atoms with E-state index in [9.17, 15) is 19.7 Å². The first kappa shape index (κ1) is 20.9. The first-order valence-corrected chi connectivity index (χ1v) is 9.17. The molecule has 30 heavy (non-hydrogen) atoms. The van der Waals surface area contributed by atoms with Gasteiger partial charge in [-0.05, 0) is 24.3 Å². The smallest absolute Gasteiger partial charge is 0.338 e. The molecule has 0 saturated carbocycles. The molecule has 0 unspecified atom stereocenters. The van der Waals surface area contributed by atoms with E-state index in [1.165, 1.54) is 12.1 Å². The number of fused-ring (bicyclic) bond motifs is 1. The molecule has 0 saturated heterocycles. The Balaban J connectivity index is 1.66. The summed E-state index contributed by atoms with van der Waals surface area (Å²) in [6.07, 6.45) is 0.635. The van der Waals surface area contributed by atoms with Gasteiger partial charge in [0.1, 0.15) is 5.69 Å². The van der Waals surface area contributed by atoms with Gasteiger partial charge in [-0.15, -0.1) is 0 Å². The minimum Gasteiger partial charge on any atom is -0.489 e. The summed E-state index contributed by atoms with van der Waals surface area (Å²) in [5.41, 5.74) is 0.778. The quantitative estimate of drug-likeness (QED) is 0.434. The Morgan fingerprint density at radius 2 is 1.77 bits per heavy atom. The maximum atomic E-state index is 12.2. The fourth-order valence-electron chi connectivity index (χ4n) is 2.75. The Morgan fingerprint density at radius 1 is 1.13 bits per heavy atom. The average molecular weight is 415 g/mol. The van der Waals surface area contributed by atoms with Gasteiger partial charge >= 0.3 is 5.97 Å². The van der Waals surface area contributed by atoms with Crippen molar-refractivity contribution in [3.8, 4) is 11.5 Å². The fraction of sp³-hybridized carbons (Fsp3) is 0.300. The number of nitrogens with one attached hydrogen (secondary N) is 1. The van der Waals surface area contributed by atoms with Crippen molar-refractivity contribution < 1.29 is 28.7 Å². The van der Waals surface area contributed by atoms with Crippen LogP contribution in [-0.2, 0) is 9.53 Å². The van der Waals surface area contributed by atoms with Crippen LogP contribution in [0, 0.1) is 10.1 Å². The van der Waals surface area contributed by atoms with Gasteiger partial charge in [0.2, 0.25) is 0 Å². The normalized spacial score (nSPS) is 12.5. The Hall–Kier alpha value is -3.82. The third kappa shape index (κ3) is 4.96. The van der Waals surface area contributed by atoms with E-state index in [2.05, 4.69) is 5.32 Å². The summed E-state index contributed by atoms with van der Waals surface area (Å²) < 4.78 is 15.9. The van der Waals surface area contributed by atoms with Gasteiger partial charge in [-0.2, -0.15) is 0 Å². The van der Waals surface area contributed by atoms with E-state index in [0.717, 1.165) is 5.69 Å². The second kappa shape index (κ2) is 9.12. The molecule has 1 N–H and O–H groups in total. The zero-order chi connectivity index (χ0) is 21.7. The van der Waals surface area contributed by atoms with Gasteiger partial charge < -0.3 is 24.4 Å². The maximum Gasteiger partial charge on any atom is 0.338 e. The molecule has 2 aromatic rings. The van der Waals surface area contributed by atoms with E-state index < -0.39 is 23.4 Å². The molecule has 1 heterocycles. The highest BCUT2D eigenvalue weighted by molar-refractivity contribution is 5.97. The summed E-state index contributed by atoms with van der Waals surface area (Å²) in [6, 6.07) is 9.21. The van der Waals surface area contributed by atoms with Crippen molar-refractivity contribution in [1.29, 1.82) is 0 Å². The van der Waals surface area contributed by atoms with Crippen LogP contribution in [0.5, 0.6) is 11.5 Å². The van der Waals surface area contributed by atoms with E-state index in [1.807, 2.05) is 19.0 Å². The van der Waals surface area contributed by atoms with E-state index in [-0.39, 0.29) is 22.7 Å². The first-order valence-electron chi connectivity index (χ1n) is 9.17. The van der Waals surface area contributed by atoms with Gasteiger partial charge in [-0.25, -0.2) is 4.79 Å². The highest BCUT2D eigenvalue weighted by Gasteiger charge is 2.23. The Labute approximate surface area is 172 Å². The third-order valence-electron chi connectivity index (χ3n) is 4.29. The summed E-state index contributed by atoms with van der Waals surface area (Å²) in [5.74, 6) is -0.856. The molecule has 3 rings (SSSR count). The number of carbonyl (C=O) groups is 2. The van der Waals surface area contributed by atoms with E-state index in [1.54, 1.807) is 24.3 Å². The molecule has 10 nitrogen and oxygen atoms in total. The van der Waals surface area contributed by atoms with Crippen LogP contribution >= 0.6 is 0 Å². The molecule has 0 radical (unpaired) electrons. The lowest BCUT2D eigenvalue weighted by Crippen LogP contribution is -2.21. The Morgan fingerprint density at radius 3 is 2.37 bits per heavy atom. The molecule has 158 valence electrons. The number of nitro groups is 1. The highest BCUT2D eigenvalue weighted by atomic mass is 16.6.